The Labute approximate surface area is 162 Å². The first-order chi connectivity index (χ1) is 13.6. The average Bonchev–Trinajstić information content (AvgIpc) is 3.06. The van der Waals surface area contributed by atoms with Gasteiger partial charge < -0.3 is 14.4 Å². The molecule has 0 spiro atoms. The maximum absolute atomic E-state index is 12.1. The topological polar surface area (TPSA) is 92.9 Å². The van der Waals surface area contributed by atoms with Gasteiger partial charge in [0.05, 0.1) is 12.8 Å². The molecule has 1 aromatic heterocycles. The summed E-state index contributed by atoms with van der Waals surface area (Å²) in [5.74, 6) is -0.955. The third kappa shape index (κ3) is 4.44. The Balaban J connectivity index is 1.75. The number of benzene rings is 2. The number of nitrogens with zero attached hydrogens (tertiary/aromatic N) is 2. The minimum absolute atomic E-state index is 0.0846. The van der Waals surface area contributed by atoms with Crippen LogP contribution < -0.4 is 5.43 Å². The molecule has 3 aromatic rings. The van der Waals surface area contributed by atoms with Crippen LogP contribution in [0.2, 0.25) is 0 Å². The molecule has 3 rings (SSSR count). The van der Waals surface area contributed by atoms with Crippen LogP contribution in [0.5, 0.6) is 0 Å². The second-order valence-electron chi connectivity index (χ2n) is 6.08. The van der Waals surface area contributed by atoms with Crippen molar-refractivity contribution < 1.29 is 19.4 Å². The first kappa shape index (κ1) is 19.3. The zero-order valence-electron chi connectivity index (χ0n) is 15.4. The summed E-state index contributed by atoms with van der Waals surface area (Å²) in [5.41, 5.74) is 4.42. The van der Waals surface area contributed by atoms with Crippen molar-refractivity contribution in [2.45, 2.75) is 19.6 Å². The minimum atomic E-state index is -1.30. The standard InChI is InChI=1S/C21H21N3O4/c1-2-28-19(25)14-24-13-16(17-10-6-7-11-18(17)24)12-22-23-21(27)20(26)15-8-4-3-5-9-15/h3-13,20,26H,2,14H2,1H3,(H,23,27)/b22-12-/t20-/m0/s1. The molecule has 0 saturated carbocycles. The number of aromatic nitrogens is 1. The Kier molecular flexibility index (Phi) is 6.18. The maximum atomic E-state index is 12.1. The van der Waals surface area contributed by atoms with Crippen LogP contribution in [0, 0.1) is 0 Å². The molecule has 2 N–H and O–H groups in total. The molecule has 0 bridgehead atoms. The fourth-order valence-electron chi connectivity index (χ4n) is 2.87. The van der Waals surface area contributed by atoms with E-state index >= 15 is 0 Å². The molecule has 0 aliphatic carbocycles. The van der Waals surface area contributed by atoms with Crippen molar-refractivity contribution in [1.82, 2.24) is 9.99 Å². The molecule has 1 atom stereocenters. The van der Waals surface area contributed by atoms with Gasteiger partial charge in [-0.25, -0.2) is 5.43 Å². The van der Waals surface area contributed by atoms with Gasteiger partial charge in [0.25, 0.3) is 5.91 Å². The number of hydrogen-bond donors (Lipinski definition) is 2. The van der Waals surface area contributed by atoms with E-state index in [9.17, 15) is 14.7 Å². The molecule has 1 amide bonds. The number of carbonyl (C=O) groups excluding carboxylic acids is 2. The van der Waals surface area contributed by atoms with Crippen LogP contribution in [-0.4, -0.2) is 34.4 Å². The van der Waals surface area contributed by atoms with Gasteiger partial charge in [-0.1, -0.05) is 48.5 Å². The smallest absolute Gasteiger partial charge is 0.325 e. The zero-order valence-corrected chi connectivity index (χ0v) is 15.4. The number of fused-ring (bicyclic) bond motifs is 1. The van der Waals surface area contributed by atoms with Crippen LogP contribution in [0.25, 0.3) is 10.9 Å². The third-order valence-electron chi connectivity index (χ3n) is 4.17. The quantitative estimate of drug-likeness (QED) is 0.374. The highest BCUT2D eigenvalue weighted by molar-refractivity contribution is 6.00. The molecule has 0 aliphatic rings. The third-order valence-corrected chi connectivity index (χ3v) is 4.17. The lowest BCUT2D eigenvalue weighted by atomic mass is 10.1. The fraction of sp³-hybridized carbons (Fsp3) is 0.190. The van der Waals surface area contributed by atoms with Gasteiger partial charge in [-0.15, -0.1) is 0 Å². The Hall–Kier alpha value is -3.45. The second kappa shape index (κ2) is 8.96. The van der Waals surface area contributed by atoms with Crippen molar-refractivity contribution in [3.05, 3.63) is 71.9 Å². The van der Waals surface area contributed by atoms with Gasteiger partial charge in [-0.2, -0.15) is 5.10 Å². The lowest BCUT2D eigenvalue weighted by Crippen LogP contribution is -2.25. The van der Waals surface area contributed by atoms with Crippen LogP contribution in [0.4, 0.5) is 0 Å². The Morgan fingerprint density at radius 1 is 1.18 bits per heavy atom. The molecule has 1 heterocycles. The van der Waals surface area contributed by atoms with Crippen LogP contribution >= 0.6 is 0 Å². The molecule has 0 radical (unpaired) electrons. The van der Waals surface area contributed by atoms with Gasteiger partial charge in [-0.3, -0.25) is 9.59 Å². The summed E-state index contributed by atoms with van der Waals surface area (Å²) in [6.45, 7) is 2.17. The summed E-state index contributed by atoms with van der Waals surface area (Å²) in [6.07, 6.45) is 1.95. The van der Waals surface area contributed by atoms with Crippen LogP contribution in [0.15, 0.2) is 65.9 Å². The number of para-hydroxylation sites is 1. The first-order valence-corrected chi connectivity index (χ1v) is 8.89. The van der Waals surface area contributed by atoms with Gasteiger partial charge in [0.15, 0.2) is 6.10 Å². The van der Waals surface area contributed by atoms with E-state index in [0.717, 1.165) is 16.5 Å². The molecule has 7 heteroatoms. The maximum Gasteiger partial charge on any atom is 0.325 e. The summed E-state index contributed by atoms with van der Waals surface area (Å²) in [7, 11) is 0. The number of ether oxygens (including phenoxy) is 1. The lowest BCUT2D eigenvalue weighted by Gasteiger charge is -2.08. The number of hydrazone groups is 1. The Bertz CT molecular complexity index is 995. The molecule has 0 saturated heterocycles. The molecule has 0 aliphatic heterocycles. The molecule has 7 nitrogen and oxygen atoms in total. The van der Waals surface area contributed by atoms with E-state index in [4.69, 9.17) is 4.74 Å². The van der Waals surface area contributed by atoms with Crippen molar-refractivity contribution in [3.8, 4) is 0 Å². The first-order valence-electron chi connectivity index (χ1n) is 8.89. The summed E-state index contributed by atoms with van der Waals surface area (Å²) < 4.78 is 6.78. The van der Waals surface area contributed by atoms with Gasteiger partial charge >= 0.3 is 5.97 Å². The summed E-state index contributed by atoms with van der Waals surface area (Å²) >= 11 is 0. The summed E-state index contributed by atoms with van der Waals surface area (Å²) in [6, 6.07) is 16.2. The van der Waals surface area contributed by atoms with Crippen molar-refractivity contribution in [2.75, 3.05) is 6.61 Å². The van der Waals surface area contributed by atoms with Gasteiger partial charge in [0, 0.05) is 22.7 Å². The van der Waals surface area contributed by atoms with Crippen molar-refractivity contribution in [1.29, 1.82) is 0 Å². The second-order valence-corrected chi connectivity index (χ2v) is 6.08. The van der Waals surface area contributed by atoms with E-state index in [2.05, 4.69) is 10.5 Å². The van der Waals surface area contributed by atoms with Crippen molar-refractivity contribution >= 4 is 29.0 Å². The van der Waals surface area contributed by atoms with Gasteiger partial charge in [-0.05, 0) is 18.6 Å². The fourth-order valence-corrected chi connectivity index (χ4v) is 2.87. The summed E-state index contributed by atoms with van der Waals surface area (Å²) in [5, 5.41) is 14.9. The number of esters is 1. The average molecular weight is 379 g/mol. The zero-order chi connectivity index (χ0) is 19.9. The molecule has 0 unspecified atom stereocenters. The lowest BCUT2D eigenvalue weighted by molar-refractivity contribution is -0.143. The van der Waals surface area contributed by atoms with E-state index in [-0.39, 0.29) is 12.5 Å². The number of amides is 1. The largest absolute Gasteiger partial charge is 0.465 e. The molecular formula is C21H21N3O4. The predicted molar refractivity (Wildman–Crippen MR) is 106 cm³/mol. The number of aliphatic hydroxyl groups excluding tert-OH is 1. The van der Waals surface area contributed by atoms with Crippen molar-refractivity contribution in [2.24, 2.45) is 5.10 Å². The molecule has 144 valence electrons. The van der Waals surface area contributed by atoms with Crippen LogP contribution in [0.3, 0.4) is 0 Å². The molecular weight excluding hydrogens is 358 g/mol. The van der Waals surface area contributed by atoms with Gasteiger partial charge in [0.1, 0.15) is 6.54 Å². The van der Waals surface area contributed by atoms with E-state index in [1.165, 1.54) is 6.21 Å². The molecule has 0 fully saturated rings. The predicted octanol–water partition coefficient (Wildman–Crippen LogP) is 2.39. The highest BCUT2D eigenvalue weighted by Crippen LogP contribution is 2.20. The molecule has 28 heavy (non-hydrogen) atoms. The number of nitrogens with one attached hydrogen (secondary N) is 1. The van der Waals surface area contributed by atoms with E-state index < -0.39 is 12.0 Å². The Morgan fingerprint density at radius 2 is 1.89 bits per heavy atom. The van der Waals surface area contributed by atoms with E-state index in [1.54, 1.807) is 48.0 Å². The van der Waals surface area contributed by atoms with Crippen molar-refractivity contribution in [3.63, 3.8) is 0 Å². The number of rotatable bonds is 7. The number of aliphatic hydroxyl groups is 1. The van der Waals surface area contributed by atoms with E-state index in [1.807, 2.05) is 24.3 Å². The monoisotopic (exact) mass is 379 g/mol. The highest BCUT2D eigenvalue weighted by Gasteiger charge is 2.16. The minimum Gasteiger partial charge on any atom is -0.465 e. The van der Waals surface area contributed by atoms with Crippen LogP contribution in [-0.2, 0) is 20.9 Å². The normalized spacial score (nSPS) is 12.2. The Morgan fingerprint density at radius 3 is 2.64 bits per heavy atom. The van der Waals surface area contributed by atoms with Crippen LogP contribution in [0.1, 0.15) is 24.2 Å². The summed E-state index contributed by atoms with van der Waals surface area (Å²) in [4.78, 5) is 23.9. The van der Waals surface area contributed by atoms with E-state index in [0.29, 0.717) is 12.2 Å². The number of hydrogen-bond acceptors (Lipinski definition) is 5. The SMILES string of the molecule is CCOC(=O)Cn1cc(/C=N\NC(=O)[C@@H](O)c2ccccc2)c2ccccc21. The highest BCUT2D eigenvalue weighted by atomic mass is 16.5. The molecule has 2 aromatic carbocycles. The van der Waals surface area contributed by atoms with Gasteiger partial charge in [0.2, 0.25) is 0 Å². The number of carbonyl (C=O) groups is 2.